The zero-order valence-corrected chi connectivity index (χ0v) is 14.5. The second-order valence-corrected chi connectivity index (χ2v) is 6.26. The molecule has 2 aromatic rings. The summed E-state index contributed by atoms with van der Waals surface area (Å²) in [5, 5.41) is 9.70. The smallest absolute Gasteiger partial charge is 0.315 e. The molecule has 2 amide bonds. The van der Waals surface area contributed by atoms with E-state index in [9.17, 15) is 9.18 Å². The van der Waals surface area contributed by atoms with E-state index in [2.05, 4.69) is 15.8 Å². The lowest BCUT2D eigenvalue weighted by molar-refractivity contribution is 0.234. The van der Waals surface area contributed by atoms with Gasteiger partial charge in [-0.05, 0) is 58.2 Å². The number of nitrogens with one attached hydrogen (secondary N) is 2. The van der Waals surface area contributed by atoms with E-state index < -0.39 is 0 Å². The zero-order valence-electron chi connectivity index (χ0n) is 14.5. The second-order valence-electron chi connectivity index (χ2n) is 6.26. The van der Waals surface area contributed by atoms with E-state index in [0.29, 0.717) is 12.8 Å². The predicted octanol–water partition coefficient (Wildman–Crippen LogP) is 3.29. The fourth-order valence-corrected chi connectivity index (χ4v) is 2.71. The minimum atomic E-state index is -0.266. The van der Waals surface area contributed by atoms with Crippen LogP contribution in [-0.4, -0.2) is 23.3 Å². The standard InChI is InChI=1S/C18H24FN3O2/c1-11(8-15-6-5-7-16(19)10-15)20-18(23)21-12(2)9-17-13(3)22-24-14(17)4/h5-7,10-12H,8-9H2,1-4H3,(H2,20,21,23)/t11-,12+/m1/s1. The van der Waals surface area contributed by atoms with Gasteiger partial charge >= 0.3 is 6.03 Å². The first-order valence-electron chi connectivity index (χ1n) is 8.08. The van der Waals surface area contributed by atoms with Crippen molar-refractivity contribution in [2.24, 2.45) is 0 Å². The Bertz CT molecular complexity index is 680. The molecule has 1 heterocycles. The number of carbonyl (C=O) groups excluding carboxylic acids is 1. The topological polar surface area (TPSA) is 67.2 Å². The van der Waals surface area contributed by atoms with E-state index >= 15 is 0 Å². The van der Waals surface area contributed by atoms with Gasteiger partial charge in [0.15, 0.2) is 0 Å². The zero-order chi connectivity index (χ0) is 17.7. The van der Waals surface area contributed by atoms with Crippen LogP contribution in [0.5, 0.6) is 0 Å². The van der Waals surface area contributed by atoms with E-state index in [1.807, 2.05) is 33.8 Å². The predicted molar refractivity (Wildman–Crippen MR) is 90.4 cm³/mol. The van der Waals surface area contributed by atoms with Crippen molar-refractivity contribution in [1.29, 1.82) is 0 Å². The normalized spacial score (nSPS) is 13.4. The van der Waals surface area contributed by atoms with Gasteiger partial charge in [-0.1, -0.05) is 17.3 Å². The molecule has 2 rings (SSSR count). The summed E-state index contributed by atoms with van der Waals surface area (Å²) in [6.45, 7) is 7.58. The van der Waals surface area contributed by atoms with Crippen LogP contribution in [0.25, 0.3) is 0 Å². The molecule has 0 bridgehead atoms. The van der Waals surface area contributed by atoms with Gasteiger partial charge in [0.05, 0.1) is 5.69 Å². The summed E-state index contributed by atoms with van der Waals surface area (Å²) >= 11 is 0. The number of hydrogen-bond donors (Lipinski definition) is 2. The first-order chi connectivity index (χ1) is 11.3. The van der Waals surface area contributed by atoms with Crippen molar-refractivity contribution in [2.75, 3.05) is 0 Å². The molecule has 2 N–H and O–H groups in total. The van der Waals surface area contributed by atoms with Crippen LogP contribution in [0.3, 0.4) is 0 Å². The average molecular weight is 333 g/mol. The van der Waals surface area contributed by atoms with Gasteiger partial charge in [-0.3, -0.25) is 0 Å². The van der Waals surface area contributed by atoms with Crippen molar-refractivity contribution in [1.82, 2.24) is 15.8 Å². The van der Waals surface area contributed by atoms with Crippen molar-refractivity contribution in [3.63, 3.8) is 0 Å². The highest BCUT2D eigenvalue weighted by atomic mass is 19.1. The Labute approximate surface area is 141 Å². The van der Waals surface area contributed by atoms with Gasteiger partial charge in [-0.15, -0.1) is 0 Å². The summed E-state index contributed by atoms with van der Waals surface area (Å²) in [5.41, 5.74) is 2.73. The SMILES string of the molecule is Cc1noc(C)c1C[C@H](C)NC(=O)N[C@H](C)Cc1cccc(F)c1. The van der Waals surface area contributed by atoms with Gasteiger partial charge in [0.2, 0.25) is 0 Å². The maximum absolute atomic E-state index is 13.2. The molecular weight excluding hydrogens is 309 g/mol. The summed E-state index contributed by atoms with van der Waals surface area (Å²) < 4.78 is 18.3. The van der Waals surface area contributed by atoms with Crippen molar-refractivity contribution >= 4 is 6.03 Å². The molecule has 1 aromatic heterocycles. The Balaban J connectivity index is 1.81. The van der Waals surface area contributed by atoms with Gasteiger partial charge < -0.3 is 15.2 Å². The quantitative estimate of drug-likeness (QED) is 0.852. The summed E-state index contributed by atoms with van der Waals surface area (Å²) in [6, 6.07) is 6.02. The number of halogens is 1. The van der Waals surface area contributed by atoms with Crippen LogP contribution in [-0.2, 0) is 12.8 Å². The number of aryl methyl sites for hydroxylation is 2. The summed E-state index contributed by atoms with van der Waals surface area (Å²) in [7, 11) is 0. The van der Waals surface area contributed by atoms with Gasteiger partial charge in [0.1, 0.15) is 11.6 Å². The van der Waals surface area contributed by atoms with Crippen molar-refractivity contribution in [3.05, 3.63) is 52.7 Å². The third-order valence-electron chi connectivity index (χ3n) is 3.88. The summed E-state index contributed by atoms with van der Waals surface area (Å²) in [4.78, 5) is 12.1. The number of aromatic nitrogens is 1. The number of nitrogens with zero attached hydrogens (tertiary/aromatic N) is 1. The Hall–Kier alpha value is -2.37. The van der Waals surface area contributed by atoms with Crippen LogP contribution < -0.4 is 10.6 Å². The van der Waals surface area contributed by atoms with Gasteiger partial charge in [-0.25, -0.2) is 9.18 Å². The van der Waals surface area contributed by atoms with Crippen LogP contribution in [0, 0.1) is 19.7 Å². The van der Waals surface area contributed by atoms with Crippen LogP contribution in [0.4, 0.5) is 9.18 Å². The Morgan fingerprint density at radius 3 is 2.46 bits per heavy atom. The monoisotopic (exact) mass is 333 g/mol. The molecular formula is C18H24FN3O2. The van der Waals surface area contributed by atoms with Crippen LogP contribution in [0.2, 0.25) is 0 Å². The highest BCUT2D eigenvalue weighted by molar-refractivity contribution is 5.74. The lowest BCUT2D eigenvalue weighted by Crippen LogP contribution is -2.45. The fraction of sp³-hybridized carbons (Fsp3) is 0.444. The van der Waals surface area contributed by atoms with Crippen molar-refractivity contribution in [3.8, 4) is 0 Å². The molecule has 0 aliphatic heterocycles. The molecule has 0 unspecified atom stereocenters. The third-order valence-corrected chi connectivity index (χ3v) is 3.88. The fourth-order valence-electron chi connectivity index (χ4n) is 2.71. The van der Waals surface area contributed by atoms with Crippen LogP contribution in [0.15, 0.2) is 28.8 Å². The van der Waals surface area contributed by atoms with Gasteiger partial charge in [0, 0.05) is 17.6 Å². The average Bonchev–Trinajstić information content (AvgIpc) is 2.78. The number of benzene rings is 1. The molecule has 0 saturated carbocycles. The molecule has 0 radical (unpaired) electrons. The number of rotatable bonds is 6. The maximum atomic E-state index is 13.2. The highest BCUT2D eigenvalue weighted by Crippen LogP contribution is 2.14. The van der Waals surface area contributed by atoms with Crippen molar-refractivity contribution in [2.45, 2.75) is 52.6 Å². The van der Waals surface area contributed by atoms with E-state index in [4.69, 9.17) is 4.52 Å². The molecule has 0 spiro atoms. The van der Waals surface area contributed by atoms with Gasteiger partial charge in [0.25, 0.3) is 0 Å². The Kier molecular flexibility index (Phi) is 5.95. The third kappa shape index (κ3) is 5.08. The first kappa shape index (κ1) is 18.0. The molecule has 0 aliphatic rings. The number of hydrogen-bond acceptors (Lipinski definition) is 3. The van der Waals surface area contributed by atoms with Crippen LogP contribution in [0.1, 0.15) is 36.4 Å². The highest BCUT2D eigenvalue weighted by Gasteiger charge is 2.15. The number of carbonyl (C=O) groups is 1. The molecule has 5 nitrogen and oxygen atoms in total. The van der Waals surface area contributed by atoms with E-state index in [1.165, 1.54) is 12.1 Å². The van der Waals surface area contributed by atoms with Gasteiger partial charge in [-0.2, -0.15) is 0 Å². The van der Waals surface area contributed by atoms with E-state index in [0.717, 1.165) is 22.6 Å². The molecule has 0 aliphatic carbocycles. The summed E-state index contributed by atoms with van der Waals surface area (Å²) in [6.07, 6.45) is 1.23. The van der Waals surface area contributed by atoms with E-state index in [-0.39, 0.29) is 23.9 Å². The second kappa shape index (κ2) is 7.95. The molecule has 6 heteroatoms. The number of urea groups is 1. The minimum Gasteiger partial charge on any atom is -0.361 e. The Morgan fingerprint density at radius 2 is 1.88 bits per heavy atom. The molecule has 2 atom stereocenters. The van der Waals surface area contributed by atoms with Crippen LogP contribution >= 0.6 is 0 Å². The molecule has 130 valence electrons. The molecule has 0 saturated heterocycles. The lowest BCUT2D eigenvalue weighted by Gasteiger charge is -2.18. The Morgan fingerprint density at radius 1 is 1.21 bits per heavy atom. The van der Waals surface area contributed by atoms with Crippen molar-refractivity contribution < 1.29 is 13.7 Å². The lowest BCUT2D eigenvalue weighted by atomic mass is 10.1. The largest absolute Gasteiger partial charge is 0.361 e. The van der Waals surface area contributed by atoms with E-state index in [1.54, 1.807) is 6.07 Å². The summed E-state index contributed by atoms with van der Waals surface area (Å²) in [5.74, 6) is 0.512. The molecule has 24 heavy (non-hydrogen) atoms. The first-order valence-corrected chi connectivity index (χ1v) is 8.08. The molecule has 1 aromatic carbocycles. The maximum Gasteiger partial charge on any atom is 0.315 e. The number of amides is 2. The minimum absolute atomic E-state index is 0.0526. The molecule has 0 fully saturated rings.